The summed E-state index contributed by atoms with van der Waals surface area (Å²) in [6.07, 6.45) is 8.55. The van der Waals surface area contributed by atoms with Crippen LogP contribution in [0.15, 0.2) is 11.6 Å². The smallest absolute Gasteiger partial charge is 0.133 e. The molecule has 0 saturated heterocycles. The number of rotatable bonds is 1. The lowest BCUT2D eigenvalue weighted by molar-refractivity contribution is -0.127. The number of fused-ring (bicyclic) bond motifs is 5. The Hall–Kier alpha value is -0.630. The van der Waals surface area contributed by atoms with Crippen LogP contribution in [0, 0.1) is 34.5 Å². The minimum absolute atomic E-state index is 0.116. The van der Waals surface area contributed by atoms with Crippen molar-refractivity contribution in [2.75, 3.05) is 0 Å². The SMILES string of the molecule is [2H]C([2H])([2H])C(=O)[C@@]1([2H])CCC2C3CC=C4CC(O)CC[C@]4(C)C3CC[C@@]21C. The van der Waals surface area contributed by atoms with Gasteiger partial charge in [-0.2, -0.15) is 0 Å². The molecule has 3 saturated carbocycles. The molecule has 0 aromatic carbocycles. The van der Waals surface area contributed by atoms with E-state index < -0.39 is 23.9 Å². The van der Waals surface area contributed by atoms with Crippen LogP contribution in [0.2, 0.25) is 0 Å². The summed E-state index contributed by atoms with van der Waals surface area (Å²) in [5, 5.41) is 10.1. The first kappa shape index (κ1) is 11.8. The molecule has 4 rings (SSSR count). The summed E-state index contributed by atoms with van der Waals surface area (Å²) in [6, 6.07) is 0. The largest absolute Gasteiger partial charge is 0.393 e. The van der Waals surface area contributed by atoms with Gasteiger partial charge < -0.3 is 5.11 Å². The quantitative estimate of drug-likeness (QED) is 0.722. The van der Waals surface area contributed by atoms with E-state index >= 15 is 0 Å². The van der Waals surface area contributed by atoms with Crippen LogP contribution in [0.25, 0.3) is 0 Å². The monoisotopic (exact) mass is 320 g/mol. The maximum Gasteiger partial charge on any atom is 0.133 e. The van der Waals surface area contributed by atoms with Crippen molar-refractivity contribution in [3.63, 3.8) is 0 Å². The molecule has 0 amide bonds. The van der Waals surface area contributed by atoms with E-state index in [4.69, 9.17) is 5.48 Å². The maximum atomic E-state index is 12.7. The van der Waals surface area contributed by atoms with Crippen molar-refractivity contribution in [3.8, 4) is 0 Å². The molecule has 2 heteroatoms. The highest BCUT2D eigenvalue weighted by Crippen LogP contribution is 2.66. The van der Waals surface area contributed by atoms with Crippen LogP contribution in [-0.2, 0) is 4.79 Å². The second-order valence-corrected chi connectivity index (χ2v) is 8.96. The lowest BCUT2D eigenvalue weighted by Gasteiger charge is -2.57. The van der Waals surface area contributed by atoms with E-state index in [0.717, 1.165) is 44.9 Å². The minimum Gasteiger partial charge on any atom is -0.393 e. The Morgan fingerprint density at radius 1 is 1.26 bits per heavy atom. The average molecular weight is 321 g/mol. The molecular formula is C21H32O2. The van der Waals surface area contributed by atoms with Crippen molar-refractivity contribution >= 4 is 5.78 Å². The molecule has 23 heavy (non-hydrogen) atoms. The average Bonchev–Trinajstić information content (AvgIpc) is 2.86. The molecule has 0 radical (unpaired) electrons. The van der Waals surface area contributed by atoms with Gasteiger partial charge in [0.1, 0.15) is 5.78 Å². The van der Waals surface area contributed by atoms with E-state index in [9.17, 15) is 9.90 Å². The van der Waals surface area contributed by atoms with Gasteiger partial charge in [-0.25, -0.2) is 0 Å². The third-order valence-electron chi connectivity index (χ3n) is 8.14. The highest BCUT2D eigenvalue weighted by molar-refractivity contribution is 5.79. The van der Waals surface area contributed by atoms with Crippen molar-refractivity contribution in [2.24, 2.45) is 34.5 Å². The van der Waals surface area contributed by atoms with Gasteiger partial charge in [0.15, 0.2) is 0 Å². The van der Waals surface area contributed by atoms with Crippen LogP contribution in [-0.4, -0.2) is 17.0 Å². The van der Waals surface area contributed by atoms with Crippen molar-refractivity contribution in [3.05, 3.63) is 11.6 Å². The molecule has 4 aliphatic rings. The summed E-state index contributed by atoms with van der Waals surface area (Å²) in [7, 11) is 0. The maximum absolute atomic E-state index is 12.7. The second-order valence-electron chi connectivity index (χ2n) is 8.96. The molecule has 0 aromatic heterocycles. The molecule has 0 heterocycles. The fourth-order valence-electron chi connectivity index (χ4n) is 6.83. The summed E-state index contributed by atoms with van der Waals surface area (Å²) in [4.78, 5) is 12.7. The van der Waals surface area contributed by atoms with Crippen LogP contribution in [0.3, 0.4) is 0 Å². The third-order valence-corrected chi connectivity index (χ3v) is 8.14. The highest BCUT2D eigenvalue weighted by Gasteiger charge is 2.59. The lowest BCUT2D eigenvalue weighted by atomic mass is 9.47. The van der Waals surface area contributed by atoms with Crippen LogP contribution < -0.4 is 0 Å². The topological polar surface area (TPSA) is 37.3 Å². The first-order valence-corrected chi connectivity index (χ1v) is 9.36. The summed E-state index contributed by atoms with van der Waals surface area (Å²) in [6.45, 7) is 1.67. The van der Waals surface area contributed by atoms with Gasteiger partial charge in [0.2, 0.25) is 0 Å². The van der Waals surface area contributed by atoms with Crippen LogP contribution in [0.5, 0.6) is 0 Å². The van der Waals surface area contributed by atoms with Crippen LogP contribution in [0.1, 0.15) is 77.5 Å². The number of ketones is 1. The first-order chi connectivity index (χ1) is 12.4. The standard InChI is InChI=1S/C21H32O2/c1-13(22)17-6-7-18-16-5-4-14-12-15(23)8-10-20(14,2)19(16)9-11-21(17,18)3/h4,15-19,23H,5-12H2,1-3H3/t15?,16?,17-,18?,19?,20+,21-/m1/s1/i1D3,17D. The Kier molecular flexibility index (Phi) is 2.67. The lowest BCUT2D eigenvalue weighted by Crippen LogP contribution is -2.50. The molecule has 0 spiro atoms. The number of aliphatic hydroxyl groups is 1. The van der Waals surface area contributed by atoms with Gasteiger partial charge in [0, 0.05) is 11.4 Å². The van der Waals surface area contributed by atoms with Crippen molar-refractivity contribution in [1.82, 2.24) is 0 Å². The highest BCUT2D eigenvalue weighted by atomic mass is 16.3. The summed E-state index contributed by atoms with van der Waals surface area (Å²) < 4.78 is 31.8. The molecule has 3 fully saturated rings. The molecule has 1 N–H and O–H groups in total. The van der Waals surface area contributed by atoms with E-state index in [2.05, 4.69) is 13.0 Å². The molecule has 4 aliphatic carbocycles. The van der Waals surface area contributed by atoms with Gasteiger partial charge in [-0.1, -0.05) is 25.5 Å². The third kappa shape index (κ3) is 2.13. The van der Waals surface area contributed by atoms with E-state index in [1.54, 1.807) is 0 Å². The van der Waals surface area contributed by atoms with Crippen molar-refractivity contribution in [2.45, 2.75) is 78.2 Å². The van der Waals surface area contributed by atoms with Gasteiger partial charge in [0.25, 0.3) is 0 Å². The number of carbonyl (C=O) groups excluding carboxylic acids is 1. The number of aliphatic hydroxyl groups excluding tert-OH is 1. The Labute approximate surface area is 146 Å². The van der Waals surface area contributed by atoms with Gasteiger partial charge in [-0.15, -0.1) is 0 Å². The Morgan fingerprint density at radius 2 is 2.09 bits per heavy atom. The normalized spacial score (nSPS) is 58.5. The first-order valence-electron chi connectivity index (χ1n) is 11.4. The van der Waals surface area contributed by atoms with E-state index in [-0.39, 0.29) is 17.4 Å². The predicted molar refractivity (Wildman–Crippen MR) is 91.9 cm³/mol. The van der Waals surface area contributed by atoms with Gasteiger partial charge in [0.05, 0.1) is 6.10 Å². The minimum atomic E-state index is -2.69. The molecule has 4 unspecified atom stereocenters. The van der Waals surface area contributed by atoms with Crippen LogP contribution in [0.4, 0.5) is 0 Å². The van der Waals surface area contributed by atoms with Crippen LogP contribution >= 0.6 is 0 Å². The second kappa shape index (κ2) is 5.18. The molecule has 0 bridgehead atoms. The van der Waals surface area contributed by atoms with Crippen molar-refractivity contribution in [1.29, 1.82) is 0 Å². The number of Topliss-reactive ketones (excluding diaryl/α,β-unsaturated/α-hetero) is 1. The summed E-state index contributed by atoms with van der Waals surface area (Å²) in [5.74, 6) is -1.15. The number of hydrogen-bond donors (Lipinski definition) is 1. The fourth-order valence-corrected chi connectivity index (χ4v) is 6.83. The zero-order valence-electron chi connectivity index (χ0n) is 18.4. The van der Waals surface area contributed by atoms with E-state index in [0.29, 0.717) is 18.3 Å². The molecule has 0 aliphatic heterocycles. The fraction of sp³-hybridized carbons (Fsp3) is 0.857. The predicted octanol–water partition coefficient (Wildman–Crippen LogP) is 4.52. The number of hydrogen-bond acceptors (Lipinski definition) is 2. The molecule has 128 valence electrons. The van der Waals surface area contributed by atoms with Gasteiger partial charge in [-0.3, -0.25) is 4.79 Å². The molecule has 2 nitrogen and oxygen atoms in total. The summed E-state index contributed by atoms with van der Waals surface area (Å²) >= 11 is 0. The zero-order chi connectivity index (χ0) is 19.8. The van der Waals surface area contributed by atoms with E-state index in [1.807, 2.05) is 6.92 Å². The zero-order valence-corrected chi connectivity index (χ0v) is 14.4. The number of allylic oxidation sites excluding steroid dienone is 1. The van der Waals surface area contributed by atoms with E-state index in [1.165, 1.54) is 5.57 Å². The molecule has 0 aromatic rings. The number of carbonyl (C=O) groups is 1. The van der Waals surface area contributed by atoms with Gasteiger partial charge in [-0.05, 0) is 86.8 Å². The molecular weight excluding hydrogens is 284 g/mol. The van der Waals surface area contributed by atoms with Gasteiger partial charge >= 0.3 is 0 Å². The Bertz CT molecular complexity index is 686. The van der Waals surface area contributed by atoms with Crippen molar-refractivity contribution < 1.29 is 15.4 Å². The Balaban J connectivity index is 1.68. The Morgan fingerprint density at radius 3 is 2.87 bits per heavy atom. The summed E-state index contributed by atoms with van der Waals surface area (Å²) in [5.41, 5.74) is 0.972. The molecule has 7 atom stereocenters.